The van der Waals surface area contributed by atoms with E-state index < -0.39 is 5.97 Å². The Morgan fingerprint density at radius 1 is 1.19 bits per heavy atom. The van der Waals surface area contributed by atoms with Crippen molar-refractivity contribution in [1.82, 2.24) is 4.98 Å². The third-order valence-corrected chi connectivity index (χ3v) is 2.96. The Balaban J connectivity index is 2.51. The van der Waals surface area contributed by atoms with E-state index in [1.54, 1.807) is 26.3 Å². The Morgan fingerprint density at radius 3 is 2.62 bits per heavy atom. The number of para-hydroxylation sites is 1. The average Bonchev–Trinajstić information content (AvgIpc) is 2.54. The van der Waals surface area contributed by atoms with E-state index in [2.05, 4.69) is 4.98 Å². The molecule has 0 aliphatic carbocycles. The molecule has 5 heteroatoms. The number of rotatable bonds is 5. The molecule has 0 aliphatic rings. The molecule has 0 unspecified atom stereocenters. The summed E-state index contributed by atoms with van der Waals surface area (Å²) in [6.07, 6.45) is 1.64. The second-order valence-electron chi connectivity index (χ2n) is 4.20. The number of hydrogen-bond donors (Lipinski definition) is 0. The Labute approximate surface area is 123 Å². The topological polar surface area (TPSA) is 57.7 Å². The lowest BCUT2D eigenvalue weighted by molar-refractivity contribution is 0.0522. The van der Waals surface area contributed by atoms with Gasteiger partial charge < -0.3 is 14.2 Å². The molecule has 0 saturated carbocycles. The normalized spacial score (nSPS) is 10.0. The summed E-state index contributed by atoms with van der Waals surface area (Å²) in [4.78, 5) is 16.2. The fourth-order valence-electron chi connectivity index (χ4n) is 2.00. The van der Waals surface area contributed by atoms with E-state index in [-0.39, 0.29) is 5.88 Å². The summed E-state index contributed by atoms with van der Waals surface area (Å²) in [7, 11) is 3.07. The molecule has 2 aromatic rings. The van der Waals surface area contributed by atoms with E-state index >= 15 is 0 Å². The zero-order valence-corrected chi connectivity index (χ0v) is 12.3. The first-order chi connectivity index (χ1) is 10.2. The highest BCUT2D eigenvalue weighted by molar-refractivity contribution is 5.93. The van der Waals surface area contributed by atoms with Gasteiger partial charge in [-0.05, 0) is 19.1 Å². The fourth-order valence-corrected chi connectivity index (χ4v) is 2.00. The van der Waals surface area contributed by atoms with Crippen LogP contribution in [0.1, 0.15) is 17.3 Å². The standard InChI is InChI=1S/C16H17NO4/c1-4-21-16(18)13-9-11(10-17-15(13)20-3)12-7-5-6-8-14(12)19-2/h5-10H,4H2,1-3H3. The number of carbonyl (C=O) groups is 1. The lowest BCUT2D eigenvalue weighted by Crippen LogP contribution is -2.08. The van der Waals surface area contributed by atoms with Crippen LogP contribution in [0, 0.1) is 0 Å². The molecule has 0 bridgehead atoms. The Hall–Kier alpha value is -2.56. The van der Waals surface area contributed by atoms with Crippen LogP contribution in [0.5, 0.6) is 11.6 Å². The van der Waals surface area contributed by atoms with Gasteiger partial charge in [0.15, 0.2) is 0 Å². The van der Waals surface area contributed by atoms with Gasteiger partial charge in [0.05, 0.1) is 20.8 Å². The van der Waals surface area contributed by atoms with Crippen LogP contribution in [0.3, 0.4) is 0 Å². The molecule has 0 saturated heterocycles. The molecule has 1 heterocycles. The minimum absolute atomic E-state index is 0.243. The molecule has 0 fully saturated rings. The maximum absolute atomic E-state index is 12.0. The minimum Gasteiger partial charge on any atom is -0.496 e. The van der Waals surface area contributed by atoms with Gasteiger partial charge in [-0.2, -0.15) is 0 Å². The quantitative estimate of drug-likeness (QED) is 0.791. The van der Waals surface area contributed by atoms with Crippen LogP contribution in [-0.4, -0.2) is 31.8 Å². The molecule has 21 heavy (non-hydrogen) atoms. The molecule has 5 nitrogen and oxygen atoms in total. The molecule has 0 N–H and O–H groups in total. The van der Waals surface area contributed by atoms with Crippen LogP contribution in [0.4, 0.5) is 0 Å². The van der Waals surface area contributed by atoms with Crippen molar-refractivity contribution in [2.24, 2.45) is 0 Å². The molecule has 2 rings (SSSR count). The summed E-state index contributed by atoms with van der Waals surface area (Å²) in [5, 5.41) is 0. The van der Waals surface area contributed by atoms with E-state index in [1.807, 2.05) is 24.3 Å². The number of carbonyl (C=O) groups excluding carboxylic acids is 1. The van der Waals surface area contributed by atoms with E-state index in [4.69, 9.17) is 14.2 Å². The van der Waals surface area contributed by atoms with Crippen molar-refractivity contribution >= 4 is 5.97 Å². The summed E-state index contributed by atoms with van der Waals surface area (Å²) in [5.74, 6) is 0.491. The summed E-state index contributed by atoms with van der Waals surface area (Å²) < 4.78 is 15.5. The minimum atomic E-state index is -0.460. The Morgan fingerprint density at radius 2 is 1.95 bits per heavy atom. The number of nitrogens with zero attached hydrogens (tertiary/aromatic N) is 1. The van der Waals surface area contributed by atoms with Crippen molar-refractivity contribution in [3.05, 3.63) is 42.1 Å². The summed E-state index contributed by atoms with van der Waals surface area (Å²) in [5.41, 5.74) is 1.90. The fraction of sp³-hybridized carbons (Fsp3) is 0.250. The molecule has 1 aromatic heterocycles. The van der Waals surface area contributed by atoms with Crippen LogP contribution in [-0.2, 0) is 4.74 Å². The summed E-state index contributed by atoms with van der Waals surface area (Å²) in [6.45, 7) is 2.04. The highest BCUT2D eigenvalue weighted by Crippen LogP contribution is 2.31. The Kier molecular flexibility index (Phi) is 4.77. The second-order valence-corrected chi connectivity index (χ2v) is 4.20. The first-order valence-electron chi connectivity index (χ1n) is 6.55. The largest absolute Gasteiger partial charge is 0.496 e. The zero-order valence-electron chi connectivity index (χ0n) is 12.3. The SMILES string of the molecule is CCOC(=O)c1cc(-c2ccccc2OC)cnc1OC. The van der Waals surface area contributed by atoms with Gasteiger partial charge in [0.25, 0.3) is 0 Å². The van der Waals surface area contributed by atoms with Gasteiger partial charge in [-0.3, -0.25) is 0 Å². The third-order valence-electron chi connectivity index (χ3n) is 2.96. The van der Waals surface area contributed by atoms with E-state index in [0.717, 1.165) is 11.1 Å². The highest BCUT2D eigenvalue weighted by Gasteiger charge is 2.17. The first-order valence-corrected chi connectivity index (χ1v) is 6.55. The molecule has 0 atom stereocenters. The molecule has 1 aromatic carbocycles. The monoisotopic (exact) mass is 287 g/mol. The number of benzene rings is 1. The first kappa shape index (κ1) is 14.8. The predicted molar refractivity (Wildman–Crippen MR) is 78.7 cm³/mol. The zero-order chi connectivity index (χ0) is 15.2. The number of esters is 1. The van der Waals surface area contributed by atoms with Gasteiger partial charge in [-0.25, -0.2) is 9.78 Å². The number of ether oxygens (including phenoxy) is 3. The molecule has 0 spiro atoms. The number of pyridine rings is 1. The van der Waals surface area contributed by atoms with E-state index in [9.17, 15) is 4.79 Å². The van der Waals surface area contributed by atoms with Gasteiger partial charge in [-0.15, -0.1) is 0 Å². The van der Waals surface area contributed by atoms with Crippen molar-refractivity contribution in [3.63, 3.8) is 0 Å². The third kappa shape index (κ3) is 3.13. The van der Waals surface area contributed by atoms with Crippen molar-refractivity contribution in [1.29, 1.82) is 0 Å². The highest BCUT2D eigenvalue weighted by atomic mass is 16.5. The number of hydrogen-bond acceptors (Lipinski definition) is 5. The molecule has 110 valence electrons. The van der Waals surface area contributed by atoms with Crippen LogP contribution in [0.2, 0.25) is 0 Å². The maximum Gasteiger partial charge on any atom is 0.343 e. The van der Waals surface area contributed by atoms with Crippen molar-refractivity contribution < 1.29 is 19.0 Å². The lowest BCUT2D eigenvalue weighted by atomic mass is 10.0. The van der Waals surface area contributed by atoms with Crippen LogP contribution in [0.25, 0.3) is 11.1 Å². The molecular formula is C16H17NO4. The van der Waals surface area contributed by atoms with Gasteiger partial charge in [0.1, 0.15) is 11.3 Å². The maximum atomic E-state index is 12.0. The Bertz CT molecular complexity index is 640. The lowest BCUT2D eigenvalue weighted by Gasteiger charge is -2.11. The van der Waals surface area contributed by atoms with Crippen LogP contribution < -0.4 is 9.47 Å². The molecule has 0 aliphatic heterocycles. The number of aromatic nitrogens is 1. The van der Waals surface area contributed by atoms with Crippen molar-refractivity contribution in [2.45, 2.75) is 6.92 Å². The van der Waals surface area contributed by atoms with Gasteiger partial charge in [-0.1, -0.05) is 18.2 Å². The van der Waals surface area contributed by atoms with Gasteiger partial charge >= 0.3 is 5.97 Å². The van der Waals surface area contributed by atoms with E-state index in [1.165, 1.54) is 7.11 Å². The van der Waals surface area contributed by atoms with Crippen molar-refractivity contribution in [2.75, 3.05) is 20.8 Å². The second kappa shape index (κ2) is 6.74. The predicted octanol–water partition coefficient (Wildman–Crippen LogP) is 2.94. The summed E-state index contributed by atoms with van der Waals surface area (Å²) >= 11 is 0. The van der Waals surface area contributed by atoms with Crippen molar-refractivity contribution in [3.8, 4) is 22.8 Å². The van der Waals surface area contributed by atoms with Crippen LogP contribution in [0.15, 0.2) is 36.5 Å². The van der Waals surface area contributed by atoms with Gasteiger partial charge in [0, 0.05) is 17.3 Å². The molecular weight excluding hydrogens is 270 g/mol. The smallest absolute Gasteiger partial charge is 0.343 e. The number of methoxy groups -OCH3 is 2. The average molecular weight is 287 g/mol. The molecule has 0 radical (unpaired) electrons. The van der Waals surface area contributed by atoms with Gasteiger partial charge in [0.2, 0.25) is 5.88 Å². The van der Waals surface area contributed by atoms with Crippen LogP contribution >= 0.6 is 0 Å². The molecule has 0 amide bonds. The summed E-state index contributed by atoms with van der Waals surface area (Å²) in [6, 6.07) is 9.22. The van der Waals surface area contributed by atoms with E-state index in [0.29, 0.717) is 17.9 Å².